The van der Waals surface area contributed by atoms with Crippen LogP contribution >= 0.6 is 0 Å². The first-order valence-corrected chi connectivity index (χ1v) is 7.82. The molecule has 3 aromatic heterocycles. The molecule has 0 saturated heterocycles. The van der Waals surface area contributed by atoms with Gasteiger partial charge < -0.3 is 20.9 Å². The normalized spacial score (nSPS) is 13.6. The standard InChI is InChI=1S/C15H16N8O2/c16-14(24)11-5-9(25-23-11)7-18-15-17-4-3-12(20-15)19-13-6-10(21-22-13)8-1-2-8/h3-6,8H,1-2,7H2,(H2,16,24)(H3,17,18,19,20,21,22). The largest absolute Gasteiger partial charge is 0.364 e. The Bertz CT molecular complexity index is 898. The lowest BCUT2D eigenvalue weighted by molar-refractivity contribution is 0.0991. The van der Waals surface area contributed by atoms with E-state index in [1.54, 1.807) is 12.3 Å². The van der Waals surface area contributed by atoms with Crippen LogP contribution in [0.25, 0.3) is 0 Å². The molecule has 1 fully saturated rings. The second-order valence-electron chi connectivity index (χ2n) is 5.77. The molecule has 3 aromatic rings. The van der Waals surface area contributed by atoms with Crippen molar-refractivity contribution in [2.45, 2.75) is 25.3 Å². The van der Waals surface area contributed by atoms with E-state index in [9.17, 15) is 4.79 Å². The lowest BCUT2D eigenvalue weighted by Crippen LogP contribution is -2.10. The molecule has 128 valence electrons. The summed E-state index contributed by atoms with van der Waals surface area (Å²) < 4.78 is 5.01. The highest BCUT2D eigenvalue weighted by Crippen LogP contribution is 2.39. The fourth-order valence-corrected chi connectivity index (χ4v) is 2.32. The topological polar surface area (TPSA) is 148 Å². The third-order valence-electron chi connectivity index (χ3n) is 3.74. The number of aromatic amines is 1. The molecule has 0 bridgehead atoms. The van der Waals surface area contributed by atoms with Gasteiger partial charge in [-0.15, -0.1) is 0 Å². The van der Waals surface area contributed by atoms with Crippen LogP contribution in [0.5, 0.6) is 0 Å². The molecule has 0 spiro atoms. The van der Waals surface area contributed by atoms with Crippen molar-refractivity contribution in [1.82, 2.24) is 25.3 Å². The van der Waals surface area contributed by atoms with Gasteiger partial charge in [0.2, 0.25) is 5.95 Å². The minimum absolute atomic E-state index is 0.0823. The molecule has 5 N–H and O–H groups in total. The number of hydrogen-bond acceptors (Lipinski definition) is 8. The van der Waals surface area contributed by atoms with Crippen LogP contribution in [0.2, 0.25) is 0 Å². The summed E-state index contributed by atoms with van der Waals surface area (Å²) in [4.78, 5) is 19.5. The molecule has 1 aliphatic rings. The van der Waals surface area contributed by atoms with Crippen LogP contribution in [0.15, 0.2) is 28.9 Å². The summed E-state index contributed by atoms with van der Waals surface area (Å²) in [6, 6.07) is 5.22. The van der Waals surface area contributed by atoms with E-state index in [0.717, 1.165) is 11.5 Å². The number of nitrogens with two attached hydrogens (primary N) is 1. The summed E-state index contributed by atoms with van der Waals surface area (Å²) in [7, 11) is 0. The molecule has 10 heteroatoms. The molecular formula is C15H16N8O2. The molecule has 3 heterocycles. The first-order chi connectivity index (χ1) is 12.2. The van der Waals surface area contributed by atoms with Crippen LogP contribution in [0.3, 0.4) is 0 Å². The molecule has 0 radical (unpaired) electrons. The minimum Gasteiger partial charge on any atom is -0.364 e. The number of carbonyl (C=O) groups excluding carboxylic acids is 1. The van der Waals surface area contributed by atoms with Gasteiger partial charge in [0.1, 0.15) is 11.6 Å². The highest BCUT2D eigenvalue weighted by molar-refractivity contribution is 5.90. The number of rotatable bonds is 7. The van der Waals surface area contributed by atoms with E-state index in [0.29, 0.717) is 23.4 Å². The van der Waals surface area contributed by atoms with E-state index in [4.69, 9.17) is 10.3 Å². The Morgan fingerprint density at radius 1 is 1.40 bits per heavy atom. The zero-order valence-electron chi connectivity index (χ0n) is 13.2. The zero-order valence-corrected chi connectivity index (χ0v) is 13.2. The highest BCUT2D eigenvalue weighted by Gasteiger charge is 2.26. The molecule has 4 rings (SSSR count). The lowest BCUT2D eigenvalue weighted by Gasteiger charge is -2.05. The maximum Gasteiger partial charge on any atom is 0.270 e. The van der Waals surface area contributed by atoms with Gasteiger partial charge in [0.25, 0.3) is 5.91 Å². The fourth-order valence-electron chi connectivity index (χ4n) is 2.32. The molecular weight excluding hydrogens is 324 g/mol. The number of aromatic nitrogens is 5. The Hall–Kier alpha value is -3.43. The van der Waals surface area contributed by atoms with Crippen molar-refractivity contribution in [1.29, 1.82) is 0 Å². The van der Waals surface area contributed by atoms with Gasteiger partial charge in [0, 0.05) is 24.2 Å². The van der Waals surface area contributed by atoms with Crippen LogP contribution in [-0.4, -0.2) is 31.2 Å². The van der Waals surface area contributed by atoms with E-state index in [1.165, 1.54) is 18.9 Å². The second-order valence-corrected chi connectivity index (χ2v) is 5.77. The quantitative estimate of drug-likeness (QED) is 0.506. The molecule has 0 unspecified atom stereocenters. The average molecular weight is 340 g/mol. The average Bonchev–Trinajstić information content (AvgIpc) is 3.16. The van der Waals surface area contributed by atoms with Gasteiger partial charge in [-0.05, 0) is 18.9 Å². The van der Waals surface area contributed by atoms with Crippen molar-refractivity contribution in [3.8, 4) is 0 Å². The van der Waals surface area contributed by atoms with E-state index in [-0.39, 0.29) is 12.2 Å². The number of hydrogen-bond donors (Lipinski definition) is 4. The van der Waals surface area contributed by atoms with Crippen LogP contribution in [-0.2, 0) is 6.54 Å². The van der Waals surface area contributed by atoms with Crippen molar-refractivity contribution in [2.24, 2.45) is 5.73 Å². The summed E-state index contributed by atoms with van der Waals surface area (Å²) in [5, 5.41) is 17.0. The van der Waals surface area contributed by atoms with Gasteiger partial charge in [0.05, 0.1) is 12.2 Å². The third-order valence-corrected chi connectivity index (χ3v) is 3.74. The van der Waals surface area contributed by atoms with E-state index in [1.807, 2.05) is 6.07 Å². The van der Waals surface area contributed by atoms with Crippen molar-refractivity contribution >= 4 is 23.5 Å². The fraction of sp³-hybridized carbons (Fsp3) is 0.267. The summed E-state index contributed by atoms with van der Waals surface area (Å²) in [6.45, 7) is 0.277. The van der Waals surface area contributed by atoms with Crippen molar-refractivity contribution < 1.29 is 9.32 Å². The zero-order chi connectivity index (χ0) is 17.2. The monoisotopic (exact) mass is 340 g/mol. The molecule has 0 aromatic carbocycles. The minimum atomic E-state index is -0.637. The number of nitrogens with zero attached hydrogens (tertiary/aromatic N) is 4. The number of primary amides is 1. The molecule has 0 atom stereocenters. The van der Waals surface area contributed by atoms with E-state index in [2.05, 4.69) is 36.0 Å². The van der Waals surface area contributed by atoms with Crippen LogP contribution in [0.4, 0.5) is 17.6 Å². The smallest absolute Gasteiger partial charge is 0.270 e. The Labute approximate surface area is 142 Å². The summed E-state index contributed by atoms with van der Waals surface area (Å²) >= 11 is 0. The van der Waals surface area contributed by atoms with Gasteiger partial charge in [0.15, 0.2) is 11.5 Å². The van der Waals surface area contributed by atoms with Crippen LogP contribution in [0.1, 0.15) is 40.7 Å². The number of nitrogens with one attached hydrogen (secondary N) is 3. The number of anilines is 3. The van der Waals surface area contributed by atoms with Gasteiger partial charge in [-0.2, -0.15) is 10.1 Å². The second kappa shape index (κ2) is 6.23. The molecule has 1 saturated carbocycles. The Morgan fingerprint density at radius 2 is 2.28 bits per heavy atom. The molecule has 0 aliphatic heterocycles. The SMILES string of the molecule is NC(=O)c1cc(CNc2nccc(Nc3cc(C4CC4)n[nH]3)n2)on1. The van der Waals surface area contributed by atoms with Crippen molar-refractivity contribution in [3.63, 3.8) is 0 Å². The predicted molar refractivity (Wildman–Crippen MR) is 88.2 cm³/mol. The summed E-state index contributed by atoms with van der Waals surface area (Å²) in [6.07, 6.45) is 4.03. The predicted octanol–water partition coefficient (Wildman–Crippen LogP) is 1.52. The van der Waals surface area contributed by atoms with Gasteiger partial charge in [-0.25, -0.2) is 4.98 Å². The van der Waals surface area contributed by atoms with Gasteiger partial charge in [-0.1, -0.05) is 5.16 Å². The van der Waals surface area contributed by atoms with Crippen LogP contribution in [0, 0.1) is 0 Å². The number of amides is 1. The van der Waals surface area contributed by atoms with Gasteiger partial charge in [-0.3, -0.25) is 9.89 Å². The first-order valence-electron chi connectivity index (χ1n) is 7.82. The van der Waals surface area contributed by atoms with E-state index < -0.39 is 5.91 Å². The number of carbonyl (C=O) groups is 1. The summed E-state index contributed by atoms with van der Waals surface area (Å²) in [5.74, 6) is 2.22. The Balaban J connectivity index is 1.38. The molecule has 1 aliphatic carbocycles. The highest BCUT2D eigenvalue weighted by atomic mass is 16.5. The maximum atomic E-state index is 11.0. The van der Waals surface area contributed by atoms with Gasteiger partial charge >= 0.3 is 0 Å². The Kier molecular flexibility index (Phi) is 3.77. The molecule has 25 heavy (non-hydrogen) atoms. The maximum absolute atomic E-state index is 11.0. The van der Waals surface area contributed by atoms with Crippen LogP contribution < -0.4 is 16.4 Å². The van der Waals surface area contributed by atoms with Crippen molar-refractivity contribution in [2.75, 3.05) is 10.6 Å². The van der Waals surface area contributed by atoms with E-state index >= 15 is 0 Å². The third kappa shape index (κ3) is 3.57. The summed E-state index contributed by atoms with van der Waals surface area (Å²) in [5.41, 5.74) is 6.29. The molecule has 10 nitrogen and oxygen atoms in total. The lowest BCUT2D eigenvalue weighted by atomic mass is 10.3. The van der Waals surface area contributed by atoms with Crippen molar-refractivity contribution in [3.05, 3.63) is 41.5 Å². The Morgan fingerprint density at radius 3 is 3.04 bits per heavy atom. The first kappa shape index (κ1) is 15.1. The molecule has 1 amide bonds. The number of H-pyrrole nitrogens is 1.